The largest absolute Gasteiger partial charge is 0.486 e. The first kappa shape index (κ1) is 18.2. The van der Waals surface area contributed by atoms with Gasteiger partial charge in [-0.3, -0.25) is 9.36 Å². The average molecular weight is 399 g/mol. The number of carbonyl (C=O) groups excluding carboxylic acids is 1. The fourth-order valence-corrected chi connectivity index (χ4v) is 3.63. The van der Waals surface area contributed by atoms with Gasteiger partial charge in [0.15, 0.2) is 11.5 Å². The number of hydrogen-bond donors (Lipinski definition) is 1. The van der Waals surface area contributed by atoms with Crippen LogP contribution >= 0.6 is 0 Å². The molecule has 1 aliphatic rings. The number of aromatic nitrogens is 2. The lowest BCUT2D eigenvalue weighted by atomic mass is 10.1. The van der Waals surface area contributed by atoms with Crippen molar-refractivity contribution >= 4 is 16.9 Å². The first-order valence-corrected chi connectivity index (χ1v) is 9.92. The van der Waals surface area contributed by atoms with Gasteiger partial charge >= 0.3 is 0 Å². The van der Waals surface area contributed by atoms with Gasteiger partial charge in [-0.05, 0) is 61.0 Å². The van der Waals surface area contributed by atoms with Gasteiger partial charge in [0, 0.05) is 11.3 Å². The Morgan fingerprint density at radius 3 is 2.60 bits per heavy atom. The third kappa shape index (κ3) is 3.37. The van der Waals surface area contributed by atoms with Crippen LogP contribution in [0.5, 0.6) is 11.5 Å². The molecule has 3 aromatic carbocycles. The van der Waals surface area contributed by atoms with Crippen LogP contribution in [-0.2, 0) is 0 Å². The van der Waals surface area contributed by atoms with Crippen LogP contribution in [0.3, 0.4) is 0 Å². The maximum absolute atomic E-state index is 12.7. The molecule has 1 N–H and O–H groups in total. The number of carbonyl (C=O) groups is 1. The monoisotopic (exact) mass is 399 g/mol. The summed E-state index contributed by atoms with van der Waals surface area (Å²) in [5.41, 5.74) is 4.50. The van der Waals surface area contributed by atoms with E-state index < -0.39 is 0 Å². The number of para-hydroxylation sites is 2. The van der Waals surface area contributed by atoms with Gasteiger partial charge in [-0.25, -0.2) is 4.98 Å². The fraction of sp³-hybridized carbons (Fsp3) is 0.167. The zero-order chi connectivity index (χ0) is 20.5. The molecule has 0 radical (unpaired) electrons. The molecule has 1 amide bonds. The molecule has 0 bridgehead atoms. The lowest BCUT2D eigenvalue weighted by molar-refractivity contribution is 0.0939. The zero-order valence-electron chi connectivity index (χ0n) is 16.5. The van der Waals surface area contributed by atoms with Crippen LogP contribution in [0.15, 0.2) is 73.1 Å². The van der Waals surface area contributed by atoms with Crippen LogP contribution in [0.4, 0.5) is 0 Å². The summed E-state index contributed by atoms with van der Waals surface area (Å²) in [6.07, 6.45) is 1.80. The quantitative estimate of drug-likeness (QED) is 0.556. The molecule has 0 saturated heterocycles. The Balaban J connectivity index is 1.32. The Morgan fingerprint density at radius 1 is 1.00 bits per heavy atom. The highest BCUT2D eigenvalue weighted by Crippen LogP contribution is 2.32. The molecule has 30 heavy (non-hydrogen) atoms. The number of ether oxygens (including phenoxy) is 2. The van der Waals surface area contributed by atoms with Crippen LogP contribution < -0.4 is 14.8 Å². The fourth-order valence-electron chi connectivity index (χ4n) is 3.63. The van der Waals surface area contributed by atoms with E-state index in [1.54, 1.807) is 6.33 Å². The standard InChI is InChI=1S/C24H21N3O3/c1-16(18-8-11-22-23(14-18)30-13-12-29-22)26-24(28)17-6-9-19(10-7-17)27-15-25-20-4-2-3-5-21(20)27/h2-11,14-16H,12-13H2,1H3,(H,26,28)/t16-/m1/s1. The Hall–Kier alpha value is -3.80. The van der Waals surface area contributed by atoms with Gasteiger partial charge in [-0.1, -0.05) is 18.2 Å². The van der Waals surface area contributed by atoms with Crippen molar-refractivity contribution in [2.75, 3.05) is 13.2 Å². The van der Waals surface area contributed by atoms with Gasteiger partial charge in [0.2, 0.25) is 0 Å². The minimum atomic E-state index is -0.161. The van der Waals surface area contributed by atoms with Crippen molar-refractivity contribution in [3.05, 3.63) is 84.2 Å². The van der Waals surface area contributed by atoms with E-state index in [0.717, 1.165) is 33.8 Å². The van der Waals surface area contributed by atoms with Crippen molar-refractivity contribution in [1.82, 2.24) is 14.9 Å². The van der Waals surface area contributed by atoms with Gasteiger partial charge < -0.3 is 14.8 Å². The van der Waals surface area contributed by atoms with E-state index in [1.165, 1.54) is 0 Å². The van der Waals surface area contributed by atoms with Crippen molar-refractivity contribution in [2.24, 2.45) is 0 Å². The van der Waals surface area contributed by atoms with Gasteiger partial charge in [0.1, 0.15) is 19.5 Å². The van der Waals surface area contributed by atoms with E-state index in [4.69, 9.17) is 9.47 Å². The maximum atomic E-state index is 12.7. The molecule has 0 fully saturated rings. The number of nitrogens with one attached hydrogen (secondary N) is 1. The molecule has 0 spiro atoms. The van der Waals surface area contributed by atoms with Crippen LogP contribution in [-0.4, -0.2) is 28.7 Å². The summed E-state index contributed by atoms with van der Waals surface area (Å²) >= 11 is 0. The van der Waals surface area contributed by atoms with Gasteiger partial charge in [0.05, 0.1) is 17.1 Å². The van der Waals surface area contributed by atoms with Crippen molar-refractivity contribution < 1.29 is 14.3 Å². The first-order chi connectivity index (χ1) is 14.7. The van der Waals surface area contributed by atoms with Crippen molar-refractivity contribution in [1.29, 1.82) is 0 Å². The minimum Gasteiger partial charge on any atom is -0.486 e. The number of benzene rings is 3. The average Bonchev–Trinajstić information content (AvgIpc) is 3.23. The summed E-state index contributed by atoms with van der Waals surface area (Å²) < 4.78 is 13.2. The second-order valence-corrected chi connectivity index (χ2v) is 7.25. The van der Waals surface area contributed by atoms with Crippen LogP contribution in [0, 0.1) is 0 Å². The smallest absolute Gasteiger partial charge is 0.251 e. The van der Waals surface area contributed by atoms with Gasteiger partial charge in [-0.2, -0.15) is 0 Å². The van der Waals surface area contributed by atoms with Crippen LogP contribution in [0.1, 0.15) is 28.9 Å². The summed E-state index contributed by atoms with van der Waals surface area (Å²) in [4.78, 5) is 17.2. The van der Waals surface area contributed by atoms with Crippen LogP contribution in [0.2, 0.25) is 0 Å². The molecular formula is C24H21N3O3. The van der Waals surface area contributed by atoms with E-state index in [0.29, 0.717) is 18.8 Å². The number of imidazole rings is 1. The molecule has 6 heteroatoms. The number of amides is 1. The van der Waals surface area contributed by atoms with Crippen LogP contribution in [0.25, 0.3) is 16.7 Å². The van der Waals surface area contributed by atoms with Crippen molar-refractivity contribution in [3.8, 4) is 17.2 Å². The topological polar surface area (TPSA) is 65.4 Å². The van der Waals surface area contributed by atoms with E-state index in [2.05, 4.69) is 10.3 Å². The SMILES string of the molecule is C[C@@H](NC(=O)c1ccc(-n2cnc3ccccc32)cc1)c1ccc2c(c1)OCCO2. The second-order valence-electron chi connectivity index (χ2n) is 7.25. The van der Waals surface area contributed by atoms with E-state index >= 15 is 0 Å². The summed E-state index contributed by atoms with van der Waals surface area (Å²) in [6, 6.07) is 21.1. The molecule has 0 saturated carbocycles. The van der Waals surface area contributed by atoms with Gasteiger partial charge in [-0.15, -0.1) is 0 Å². The number of nitrogens with zero attached hydrogens (tertiary/aromatic N) is 2. The summed E-state index contributed by atoms with van der Waals surface area (Å²) in [5, 5.41) is 3.05. The molecule has 5 rings (SSSR count). The molecule has 150 valence electrons. The second kappa shape index (κ2) is 7.55. The first-order valence-electron chi connectivity index (χ1n) is 9.92. The summed E-state index contributed by atoms with van der Waals surface area (Å²) in [6.45, 7) is 3.05. The molecule has 1 aliphatic heterocycles. The number of hydrogen-bond acceptors (Lipinski definition) is 4. The molecule has 1 aromatic heterocycles. The molecule has 4 aromatic rings. The predicted molar refractivity (Wildman–Crippen MR) is 114 cm³/mol. The maximum Gasteiger partial charge on any atom is 0.251 e. The number of rotatable bonds is 4. The highest BCUT2D eigenvalue weighted by molar-refractivity contribution is 5.94. The third-order valence-electron chi connectivity index (χ3n) is 5.28. The Bertz CT molecular complexity index is 1210. The minimum absolute atomic E-state index is 0.126. The Kier molecular flexibility index (Phi) is 4.59. The lowest BCUT2D eigenvalue weighted by Gasteiger charge is -2.21. The molecule has 0 unspecified atom stereocenters. The molecule has 6 nitrogen and oxygen atoms in total. The van der Waals surface area contributed by atoms with Crippen molar-refractivity contribution in [2.45, 2.75) is 13.0 Å². The molecule has 0 aliphatic carbocycles. The summed E-state index contributed by atoms with van der Waals surface area (Å²) in [7, 11) is 0. The predicted octanol–water partition coefficient (Wildman–Crippen LogP) is 4.29. The highest BCUT2D eigenvalue weighted by atomic mass is 16.6. The van der Waals surface area contributed by atoms with Gasteiger partial charge in [0.25, 0.3) is 5.91 Å². The van der Waals surface area contributed by atoms with E-state index in [1.807, 2.05) is 78.2 Å². The third-order valence-corrected chi connectivity index (χ3v) is 5.28. The Labute approximate surface area is 174 Å². The molecule has 2 heterocycles. The van der Waals surface area contributed by atoms with Crippen molar-refractivity contribution in [3.63, 3.8) is 0 Å². The lowest BCUT2D eigenvalue weighted by Crippen LogP contribution is -2.26. The summed E-state index contributed by atoms with van der Waals surface area (Å²) in [5.74, 6) is 1.34. The zero-order valence-corrected chi connectivity index (χ0v) is 16.5. The number of fused-ring (bicyclic) bond motifs is 2. The Morgan fingerprint density at radius 2 is 1.77 bits per heavy atom. The van der Waals surface area contributed by atoms with E-state index in [-0.39, 0.29) is 11.9 Å². The normalized spacial score (nSPS) is 13.8. The molecule has 1 atom stereocenters. The highest BCUT2D eigenvalue weighted by Gasteiger charge is 2.16. The van der Waals surface area contributed by atoms with E-state index in [9.17, 15) is 4.79 Å². The molecular weight excluding hydrogens is 378 g/mol.